The minimum Gasteiger partial charge on any atom is -0.481 e. The highest BCUT2D eigenvalue weighted by Gasteiger charge is 2.41. The molecule has 636 valence electrons. The summed E-state index contributed by atoms with van der Waals surface area (Å²) in [6, 6.07) is -8.19. The Morgan fingerprint density at radius 1 is 0.270 bits per heavy atom. The zero-order valence-corrected chi connectivity index (χ0v) is 69.2. The maximum Gasteiger partial charge on any atom is 0.303 e. The highest BCUT2D eigenvalue weighted by molar-refractivity contribution is 6.00. The van der Waals surface area contributed by atoms with Gasteiger partial charge in [-0.3, -0.25) is 76.7 Å². The van der Waals surface area contributed by atoms with Crippen LogP contribution >= 0.6 is 0 Å². The lowest BCUT2D eigenvalue weighted by atomic mass is 9.84. The van der Waals surface area contributed by atoms with E-state index in [0.717, 1.165) is 0 Å². The van der Waals surface area contributed by atoms with E-state index in [1.54, 1.807) is 83.1 Å². The first kappa shape index (κ1) is 104. The number of aliphatic carboxylic acids is 3. The number of primary amides is 1. The second-order valence-electron chi connectivity index (χ2n) is 31.4. The van der Waals surface area contributed by atoms with Crippen LogP contribution in [-0.2, 0) is 76.7 Å². The van der Waals surface area contributed by atoms with Gasteiger partial charge in [-0.15, -0.1) is 0 Å². The Kier molecular flexibility index (Phi) is 52.2. The molecule has 0 aliphatic carbocycles. The van der Waals surface area contributed by atoms with Crippen molar-refractivity contribution in [3.8, 4) is 0 Å². The third-order valence-corrected chi connectivity index (χ3v) is 22.8. The van der Waals surface area contributed by atoms with Gasteiger partial charge in [0.2, 0.25) is 41.4 Å². The Bertz CT molecular complexity index is 2990. The van der Waals surface area contributed by atoms with Crippen LogP contribution in [0.2, 0.25) is 0 Å². The number of ketones is 6. The molecule has 0 bridgehead atoms. The third-order valence-electron chi connectivity index (χ3n) is 22.8. The van der Waals surface area contributed by atoms with Gasteiger partial charge in [0.25, 0.3) is 0 Å². The lowest BCUT2D eigenvalue weighted by Gasteiger charge is -2.30. The molecule has 111 heavy (non-hydrogen) atoms. The molecule has 19 N–H and O–H groups in total. The number of carboxylic acids is 3. The van der Waals surface area contributed by atoms with Gasteiger partial charge < -0.3 is 75.9 Å². The summed E-state index contributed by atoms with van der Waals surface area (Å²) in [6.07, 6.45) is 0.491. The number of amides is 7. The fourth-order valence-electron chi connectivity index (χ4n) is 13.5. The molecule has 0 heterocycles. The minimum atomic E-state index is -1.38. The number of nitrogens with one attached hydrogen (secondary N) is 6. The number of carbonyl (C=O) groups excluding carboxylic acids is 13. The number of unbranched alkanes of at least 4 members (excludes halogenated alkanes) is 3. The largest absolute Gasteiger partial charge is 0.481 e. The van der Waals surface area contributed by atoms with Crippen LogP contribution in [-0.4, -0.2) is 171 Å². The van der Waals surface area contributed by atoms with Crippen molar-refractivity contribution in [3.63, 3.8) is 0 Å². The first-order valence-corrected chi connectivity index (χ1v) is 41.0. The van der Waals surface area contributed by atoms with Gasteiger partial charge in [0.05, 0.1) is 36.3 Å². The molecule has 0 rings (SSSR count). The maximum absolute atomic E-state index is 14.9. The number of nitrogens with two attached hydrogens (primary N) is 5. The molecule has 7 amide bonds. The highest BCUT2D eigenvalue weighted by atomic mass is 16.4. The summed E-state index contributed by atoms with van der Waals surface area (Å²) in [6.45, 7) is 25.4. The molecule has 0 unspecified atom stereocenters. The fourth-order valence-corrected chi connectivity index (χ4v) is 13.5. The van der Waals surface area contributed by atoms with E-state index in [-0.39, 0.29) is 76.3 Å². The molecule has 0 aromatic rings. The summed E-state index contributed by atoms with van der Waals surface area (Å²) in [5, 5.41) is 46.2. The van der Waals surface area contributed by atoms with Crippen molar-refractivity contribution in [2.24, 2.45) is 106 Å². The van der Waals surface area contributed by atoms with Crippen LogP contribution in [0.5, 0.6) is 0 Å². The third kappa shape index (κ3) is 38.3. The SMILES string of the molecule is CC[C@H](C)[C@H](N)C(=O)C[C@@H](CCC(=O)O)C(=O)N[C@H](C(=O)C[C@@H](CCCCN)C(=O)N[C@H](C(=O)C[C@@H](CCC(=O)O)C(=O)N[C@H](C(=O)C[C@@H](CCCCN)C(=O)N[C@H](C(=O)C[C@@H](CCC(=O)O)C(=O)N[C@H](C(=O)C[C@@H](CCCCN)C(=O)N[C@H](C(N)=O)[C@@H](C)CC)[C@@H](C)CC)[C@@H](C)CC)[C@@H](C)CC)[C@@H](C)CC)[C@@H](C)CC. The molecule has 20 atom stereocenters. The molecule has 0 saturated heterocycles. The summed E-state index contributed by atoms with van der Waals surface area (Å²) in [4.78, 5) is 222. The van der Waals surface area contributed by atoms with Crippen LogP contribution < -0.4 is 60.6 Å². The van der Waals surface area contributed by atoms with Crippen LogP contribution in [0.25, 0.3) is 0 Å². The van der Waals surface area contributed by atoms with E-state index in [1.807, 2.05) is 13.8 Å². The molecular weight excluding hydrogens is 1430 g/mol. The second kappa shape index (κ2) is 55.9. The number of hydrogen-bond donors (Lipinski definition) is 14. The van der Waals surface area contributed by atoms with Crippen molar-refractivity contribution >= 4 is 94.0 Å². The van der Waals surface area contributed by atoms with E-state index >= 15 is 0 Å². The molecule has 0 aliphatic rings. The predicted molar refractivity (Wildman–Crippen MR) is 423 cm³/mol. The zero-order chi connectivity index (χ0) is 84.9. The van der Waals surface area contributed by atoms with E-state index in [9.17, 15) is 92.0 Å². The van der Waals surface area contributed by atoms with Crippen LogP contribution in [0.4, 0.5) is 0 Å². The lowest BCUT2D eigenvalue weighted by Crippen LogP contribution is -2.52. The quantitative estimate of drug-likeness (QED) is 0.0290. The standard InChI is InChI=1S/C81H143N11O19/c1-15-46(8)68(85)59(93)40-56(31-34-65(99)100)79(109)89-69(47(9)16-2)60(94)41-53(28-22-25-37-82)76(106)87-72(50(12)19-5)63(97)44-57(32-35-66(101)102)80(110)90-70(48(10)17-3)61(95)42-54(29-23-26-38-83)77(107)88-73(51(13)20-6)64(98)45-58(33-36-67(103)104)81(111)91-71(49(11)18-4)62(96)43-55(30-24-27-39-84)78(108)92-74(75(86)105)52(14)21-7/h46-58,68-74H,15-45,82-85H2,1-14H3,(H2,86,105)(H,87,106)(H,88,107)(H,89,109)(H,90,110)(H,91,111)(H,92,108)(H,99,100)(H,101,102)(H,103,104)/t46-,47-,48-,49-,50-,51-,52-,53+,54+,55+,56+,57+,58+,68-,69-,70-,71-,72-,73-,74-/m0/s1. The van der Waals surface area contributed by atoms with Crippen molar-refractivity contribution in [2.45, 2.75) is 319 Å². The Morgan fingerprint density at radius 3 is 0.631 bits per heavy atom. The van der Waals surface area contributed by atoms with Gasteiger partial charge in [0, 0.05) is 93.3 Å². The Balaban J connectivity index is 7.40. The molecule has 0 aliphatic heterocycles. The molecular formula is C81H143N11O19. The van der Waals surface area contributed by atoms with Gasteiger partial charge >= 0.3 is 17.9 Å². The summed E-state index contributed by atoms with van der Waals surface area (Å²) in [7, 11) is 0. The number of carboxylic acid groups (broad SMARTS) is 3. The Morgan fingerprint density at radius 2 is 0.450 bits per heavy atom. The summed E-state index contributed by atoms with van der Waals surface area (Å²) < 4.78 is 0. The summed E-state index contributed by atoms with van der Waals surface area (Å²) in [5.41, 5.74) is 29.4. The van der Waals surface area contributed by atoms with Crippen LogP contribution in [0.1, 0.15) is 277 Å². The monoisotopic (exact) mass is 1570 g/mol. The summed E-state index contributed by atoms with van der Waals surface area (Å²) in [5.74, 6) is -22.7. The number of carbonyl (C=O) groups is 16. The smallest absolute Gasteiger partial charge is 0.303 e. The van der Waals surface area contributed by atoms with Crippen LogP contribution in [0, 0.1) is 76.9 Å². The van der Waals surface area contributed by atoms with E-state index in [0.29, 0.717) is 90.0 Å². The highest BCUT2D eigenvalue weighted by Crippen LogP contribution is 2.29. The number of hydrogen-bond acceptors (Lipinski definition) is 20. The van der Waals surface area contributed by atoms with Gasteiger partial charge in [0.1, 0.15) is 6.04 Å². The lowest BCUT2D eigenvalue weighted by molar-refractivity contribution is -0.140. The maximum atomic E-state index is 14.9. The first-order valence-electron chi connectivity index (χ1n) is 41.0. The Hall–Kier alpha value is -7.44. The van der Waals surface area contributed by atoms with Gasteiger partial charge in [-0.2, -0.15) is 0 Å². The van der Waals surface area contributed by atoms with Gasteiger partial charge in [-0.1, -0.05) is 161 Å². The molecule has 30 nitrogen and oxygen atoms in total. The molecule has 0 saturated carbocycles. The van der Waals surface area contributed by atoms with Gasteiger partial charge in [-0.05, 0) is 119 Å². The van der Waals surface area contributed by atoms with Crippen molar-refractivity contribution in [2.75, 3.05) is 19.6 Å². The van der Waals surface area contributed by atoms with Crippen LogP contribution in [0.3, 0.4) is 0 Å². The molecule has 0 spiro atoms. The first-order chi connectivity index (χ1) is 52.2. The van der Waals surface area contributed by atoms with Crippen molar-refractivity contribution < 1.29 is 92.0 Å². The molecule has 0 aromatic carbocycles. The van der Waals surface area contributed by atoms with E-state index in [4.69, 9.17) is 28.7 Å². The average molecular weight is 1580 g/mol. The topological polar surface area (TPSA) is 536 Å². The Labute approximate surface area is 659 Å². The predicted octanol–water partition coefficient (Wildman–Crippen LogP) is 6.46. The van der Waals surface area contributed by atoms with E-state index in [1.165, 1.54) is 0 Å². The fraction of sp³-hybridized carbons (Fsp3) is 0.802. The van der Waals surface area contributed by atoms with Gasteiger partial charge in [-0.25, -0.2) is 0 Å². The molecule has 0 aromatic heterocycles. The average Bonchev–Trinajstić information content (AvgIpc) is 0.845. The minimum absolute atomic E-state index is 0.0785. The normalized spacial score (nSPS) is 17.0. The number of Topliss-reactive ketones (excluding diaryl/α,β-unsaturated/α-hetero) is 6. The van der Waals surface area contributed by atoms with E-state index < -0.39 is 246 Å². The zero-order valence-electron chi connectivity index (χ0n) is 69.2. The molecule has 30 heteroatoms. The molecule has 0 radical (unpaired) electrons. The van der Waals surface area contributed by atoms with Crippen molar-refractivity contribution in [3.05, 3.63) is 0 Å². The van der Waals surface area contributed by atoms with Crippen molar-refractivity contribution in [1.82, 2.24) is 31.9 Å². The molecule has 0 fully saturated rings. The van der Waals surface area contributed by atoms with E-state index in [2.05, 4.69) is 31.9 Å². The second-order valence-corrected chi connectivity index (χ2v) is 31.4. The number of rotatable bonds is 66. The van der Waals surface area contributed by atoms with Crippen LogP contribution in [0.15, 0.2) is 0 Å². The van der Waals surface area contributed by atoms with Gasteiger partial charge in [0.15, 0.2) is 34.7 Å². The van der Waals surface area contributed by atoms with Crippen molar-refractivity contribution in [1.29, 1.82) is 0 Å². The summed E-state index contributed by atoms with van der Waals surface area (Å²) >= 11 is 0.